The Morgan fingerprint density at radius 3 is 2.56 bits per heavy atom. The molecule has 2 atom stereocenters. The molecule has 0 spiro atoms. The smallest absolute Gasteiger partial charge is 0.273 e. The van der Waals surface area contributed by atoms with Crippen molar-refractivity contribution in [2.45, 2.75) is 37.1 Å². The summed E-state index contributed by atoms with van der Waals surface area (Å²) in [6.45, 7) is 1.97. The lowest BCUT2D eigenvalue weighted by Gasteiger charge is -2.10. The average Bonchev–Trinajstić information content (AvgIpc) is 2.70. The lowest BCUT2D eigenvalue weighted by Crippen LogP contribution is -2.18. The maximum atomic E-state index is 11.2. The van der Waals surface area contributed by atoms with Crippen LogP contribution >= 0.6 is 0 Å². The molecule has 7 nitrogen and oxygen atoms in total. The van der Waals surface area contributed by atoms with Crippen molar-refractivity contribution in [2.24, 2.45) is 12.2 Å². The Kier molecular flexibility index (Phi) is 2.72. The molecule has 2 heterocycles. The van der Waals surface area contributed by atoms with Gasteiger partial charge in [0.05, 0.1) is 6.10 Å². The van der Waals surface area contributed by atoms with Crippen molar-refractivity contribution in [3.8, 4) is 0 Å². The SMILES string of the molecule is CC1CCC(c2nnc(S(N)(=O)=O)n2C)O1. The van der Waals surface area contributed by atoms with Gasteiger partial charge in [0, 0.05) is 7.05 Å². The van der Waals surface area contributed by atoms with Crippen LogP contribution in [0.1, 0.15) is 31.7 Å². The monoisotopic (exact) mass is 246 g/mol. The number of ether oxygens (including phenoxy) is 1. The Labute approximate surface area is 93.7 Å². The molecule has 1 fully saturated rings. The fourth-order valence-corrected chi connectivity index (χ4v) is 2.48. The van der Waals surface area contributed by atoms with Gasteiger partial charge in [-0.25, -0.2) is 13.6 Å². The largest absolute Gasteiger partial charge is 0.367 e. The minimum atomic E-state index is -3.82. The summed E-state index contributed by atoms with van der Waals surface area (Å²) in [5.41, 5.74) is 0. The summed E-state index contributed by atoms with van der Waals surface area (Å²) >= 11 is 0. The third-order valence-electron chi connectivity index (χ3n) is 2.64. The number of primary sulfonamides is 1. The fourth-order valence-electron chi connectivity index (χ4n) is 1.85. The average molecular weight is 246 g/mol. The highest BCUT2D eigenvalue weighted by molar-refractivity contribution is 7.89. The molecule has 90 valence electrons. The first-order valence-electron chi connectivity index (χ1n) is 4.97. The van der Waals surface area contributed by atoms with Crippen LogP contribution in [0.3, 0.4) is 0 Å². The van der Waals surface area contributed by atoms with Crippen molar-refractivity contribution < 1.29 is 13.2 Å². The molecule has 1 saturated heterocycles. The Bertz CT molecular complexity index is 495. The number of nitrogens with two attached hydrogens (primary N) is 1. The Balaban J connectivity index is 2.34. The van der Waals surface area contributed by atoms with Crippen LogP contribution in [0.5, 0.6) is 0 Å². The third kappa shape index (κ3) is 1.95. The summed E-state index contributed by atoms with van der Waals surface area (Å²) in [5, 5.41) is 12.2. The van der Waals surface area contributed by atoms with E-state index in [1.54, 1.807) is 7.05 Å². The van der Waals surface area contributed by atoms with Crippen molar-refractivity contribution in [3.05, 3.63) is 5.82 Å². The van der Waals surface area contributed by atoms with Crippen LogP contribution in [-0.4, -0.2) is 29.3 Å². The van der Waals surface area contributed by atoms with Crippen molar-refractivity contribution in [3.63, 3.8) is 0 Å². The number of rotatable bonds is 2. The molecule has 0 radical (unpaired) electrons. The third-order valence-corrected chi connectivity index (χ3v) is 3.51. The van der Waals surface area contributed by atoms with Crippen molar-refractivity contribution >= 4 is 10.0 Å². The molecule has 1 aliphatic heterocycles. The van der Waals surface area contributed by atoms with E-state index in [0.717, 1.165) is 12.8 Å². The van der Waals surface area contributed by atoms with Gasteiger partial charge in [-0.1, -0.05) is 0 Å². The maximum Gasteiger partial charge on any atom is 0.273 e. The standard InChI is InChI=1S/C8H14N4O3S/c1-5-3-4-6(15-5)7-10-11-8(12(7)2)16(9,13)14/h5-6H,3-4H2,1-2H3,(H2,9,13,14). The molecule has 2 N–H and O–H groups in total. The highest BCUT2D eigenvalue weighted by Crippen LogP contribution is 2.31. The predicted molar refractivity (Wildman–Crippen MR) is 54.9 cm³/mol. The molecule has 0 amide bonds. The molecule has 0 saturated carbocycles. The van der Waals surface area contributed by atoms with E-state index in [0.29, 0.717) is 5.82 Å². The Morgan fingerprint density at radius 1 is 1.44 bits per heavy atom. The van der Waals surface area contributed by atoms with Crippen LogP contribution in [0, 0.1) is 0 Å². The minimum Gasteiger partial charge on any atom is -0.367 e. The molecule has 2 rings (SSSR count). The molecule has 1 aliphatic rings. The summed E-state index contributed by atoms with van der Waals surface area (Å²) in [6, 6.07) is 0. The molecule has 8 heteroatoms. The maximum absolute atomic E-state index is 11.2. The molecule has 0 bridgehead atoms. The van der Waals surface area contributed by atoms with Gasteiger partial charge >= 0.3 is 0 Å². The number of hydrogen-bond acceptors (Lipinski definition) is 5. The van der Waals surface area contributed by atoms with Crippen LogP contribution in [0.2, 0.25) is 0 Å². The van der Waals surface area contributed by atoms with Crippen LogP contribution in [0.4, 0.5) is 0 Å². The van der Waals surface area contributed by atoms with Crippen molar-refractivity contribution in [1.82, 2.24) is 14.8 Å². The fraction of sp³-hybridized carbons (Fsp3) is 0.750. The zero-order valence-electron chi connectivity index (χ0n) is 9.12. The number of sulfonamides is 1. The minimum absolute atomic E-state index is 0.166. The van der Waals surface area contributed by atoms with Gasteiger partial charge in [-0.2, -0.15) is 0 Å². The first-order valence-corrected chi connectivity index (χ1v) is 6.52. The second kappa shape index (κ2) is 3.79. The lowest BCUT2D eigenvalue weighted by molar-refractivity contribution is 0.0482. The van der Waals surface area contributed by atoms with E-state index >= 15 is 0 Å². The summed E-state index contributed by atoms with van der Waals surface area (Å²) in [7, 11) is -2.25. The van der Waals surface area contributed by atoms with Crippen molar-refractivity contribution in [2.75, 3.05) is 0 Å². The van der Waals surface area contributed by atoms with Gasteiger partial charge < -0.3 is 9.30 Å². The zero-order valence-corrected chi connectivity index (χ0v) is 9.94. The Hall–Kier alpha value is -0.990. The molecule has 1 aromatic rings. The Morgan fingerprint density at radius 2 is 2.12 bits per heavy atom. The summed E-state index contributed by atoms with van der Waals surface area (Å²) in [5.74, 6) is 0.508. The predicted octanol–water partition coefficient (Wildman–Crippen LogP) is -0.298. The summed E-state index contributed by atoms with van der Waals surface area (Å²) < 4.78 is 29.3. The van der Waals surface area contributed by atoms with E-state index in [9.17, 15) is 8.42 Å². The molecule has 2 unspecified atom stereocenters. The van der Waals surface area contributed by atoms with Crippen LogP contribution in [-0.2, 0) is 21.8 Å². The molecular formula is C8H14N4O3S. The van der Waals surface area contributed by atoms with E-state index < -0.39 is 10.0 Å². The van der Waals surface area contributed by atoms with E-state index in [2.05, 4.69) is 10.2 Å². The van der Waals surface area contributed by atoms with Crippen LogP contribution < -0.4 is 5.14 Å². The molecule has 1 aromatic heterocycles. The molecule has 0 aromatic carbocycles. The summed E-state index contributed by atoms with van der Waals surface area (Å²) in [4.78, 5) is 0. The molecule has 0 aliphatic carbocycles. The highest BCUT2D eigenvalue weighted by Gasteiger charge is 2.29. The number of hydrogen-bond donors (Lipinski definition) is 1. The van der Waals surface area contributed by atoms with Gasteiger partial charge in [0.25, 0.3) is 15.2 Å². The van der Waals surface area contributed by atoms with Gasteiger partial charge in [-0.15, -0.1) is 10.2 Å². The quantitative estimate of drug-likeness (QED) is 0.772. The second-order valence-electron chi connectivity index (χ2n) is 3.96. The van der Waals surface area contributed by atoms with Gasteiger partial charge in [-0.3, -0.25) is 0 Å². The topological polar surface area (TPSA) is 100 Å². The van der Waals surface area contributed by atoms with Crippen LogP contribution in [0.15, 0.2) is 5.16 Å². The summed E-state index contributed by atoms with van der Waals surface area (Å²) in [6.07, 6.45) is 1.72. The molecule has 16 heavy (non-hydrogen) atoms. The lowest BCUT2D eigenvalue weighted by atomic mass is 10.2. The van der Waals surface area contributed by atoms with E-state index in [1.807, 2.05) is 6.92 Å². The van der Waals surface area contributed by atoms with Gasteiger partial charge in [-0.05, 0) is 19.8 Å². The van der Waals surface area contributed by atoms with Gasteiger partial charge in [0.1, 0.15) is 6.10 Å². The van der Waals surface area contributed by atoms with Gasteiger partial charge in [0.2, 0.25) is 0 Å². The number of aromatic nitrogens is 3. The van der Waals surface area contributed by atoms with E-state index in [1.165, 1.54) is 4.57 Å². The van der Waals surface area contributed by atoms with Crippen LogP contribution in [0.25, 0.3) is 0 Å². The first-order chi connectivity index (χ1) is 7.39. The molecular weight excluding hydrogens is 232 g/mol. The number of nitrogens with zero attached hydrogens (tertiary/aromatic N) is 3. The van der Waals surface area contributed by atoms with E-state index in [4.69, 9.17) is 9.88 Å². The normalized spacial score (nSPS) is 26.2. The first kappa shape index (κ1) is 11.5. The van der Waals surface area contributed by atoms with Crippen molar-refractivity contribution in [1.29, 1.82) is 0 Å². The second-order valence-corrected chi connectivity index (χ2v) is 5.41. The highest BCUT2D eigenvalue weighted by atomic mass is 32.2. The van der Waals surface area contributed by atoms with E-state index in [-0.39, 0.29) is 17.4 Å². The zero-order chi connectivity index (χ0) is 11.9. The van der Waals surface area contributed by atoms with Gasteiger partial charge in [0.15, 0.2) is 5.82 Å².